The van der Waals surface area contributed by atoms with Crippen molar-refractivity contribution in [3.05, 3.63) is 29.6 Å². The van der Waals surface area contributed by atoms with Gasteiger partial charge in [0.25, 0.3) is 0 Å². The average molecular weight is 279 g/mol. The zero-order valence-electron chi connectivity index (χ0n) is 12.8. The van der Waals surface area contributed by atoms with Gasteiger partial charge in [-0.15, -0.1) is 0 Å². The third-order valence-corrected chi connectivity index (χ3v) is 4.25. The van der Waals surface area contributed by atoms with Crippen LogP contribution in [-0.4, -0.2) is 20.2 Å². The number of rotatable bonds is 7. The van der Waals surface area contributed by atoms with E-state index in [1.807, 2.05) is 6.07 Å². The molecular weight excluding hydrogens is 253 g/mol. The minimum atomic E-state index is -0.251. The largest absolute Gasteiger partial charge is 0.494 e. The van der Waals surface area contributed by atoms with Gasteiger partial charge in [0.05, 0.1) is 7.11 Å². The minimum absolute atomic E-state index is 0.251. The summed E-state index contributed by atoms with van der Waals surface area (Å²) in [5.74, 6) is 2.22. The van der Waals surface area contributed by atoms with Gasteiger partial charge < -0.3 is 10.1 Å². The zero-order chi connectivity index (χ0) is 14.5. The highest BCUT2D eigenvalue weighted by Crippen LogP contribution is 2.36. The van der Waals surface area contributed by atoms with Crippen LogP contribution in [0, 0.1) is 23.6 Å². The van der Waals surface area contributed by atoms with Crippen molar-refractivity contribution in [2.75, 3.05) is 20.2 Å². The van der Waals surface area contributed by atoms with E-state index in [-0.39, 0.29) is 5.82 Å². The lowest BCUT2D eigenvalue weighted by Crippen LogP contribution is -2.37. The lowest BCUT2D eigenvalue weighted by Gasteiger charge is -2.37. The van der Waals surface area contributed by atoms with Gasteiger partial charge in [0.1, 0.15) is 0 Å². The first-order valence-corrected chi connectivity index (χ1v) is 7.63. The van der Waals surface area contributed by atoms with Crippen LogP contribution in [0.2, 0.25) is 0 Å². The summed E-state index contributed by atoms with van der Waals surface area (Å²) in [6.45, 7) is 6.64. The van der Waals surface area contributed by atoms with E-state index in [0.29, 0.717) is 17.6 Å². The highest BCUT2D eigenvalue weighted by Gasteiger charge is 2.30. The minimum Gasteiger partial charge on any atom is -0.494 e. The van der Waals surface area contributed by atoms with Crippen LogP contribution in [0.5, 0.6) is 5.75 Å². The summed E-state index contributed by atoms with van der Waals surface area (Å²) in [5, 5.41) is 3.54. The molecule has 0 amide bonds. The van der Waals surface area contributed by atoms with E-state index in [1.54, 1.807) is 12.1 Å². The summed E-state index contributed by atoms with van der Waals surface area (Å²) in [7, 11) is 1.50. The van der Waals surface area contributed by atoms with Crippen LogP contribution in [0.15, 0.2) is 18.2 Å². The molecule has 1 aliphatic rings. The molecular formula is C17H26FNO. The monoisotopic (exact) mass is 279 g/mol. The summed E-state index contributed by atoms with van der Waals surface area (Å²) >= 11 is 0. The highest BCUT2D eigenvalue weighted by molar-refractivity contribution is 5.29. The Labute approximate surface area is 121 Å². The molecule has 0 heterocycles. The SMILES string of the molecule is COc1ccc(CC2CCC2CNCC(C)C)cc1F. The summed E-state index contributed by atoms with van der Waals surface area (Å²) in [6.07, 6.45) is 3.55. The first kappa shape index (κ1) is 15.3. The van der Waals surface area contributed by atoms with Gasteiger partial charge in [0.15, 0.2) is 11.6 Å². The Bertz CT molecular complexity index is 433. The molecule has 0 saturated heterocycles. The Morgan fingerprint density at radius 2 is 2.05 bits per heavy atom. The van der Waals surface area contributed by atoms with Crippen LogP contribution in [-0.2, 0) is 6.42 Å². The summed E-state index contributed by atoms with van der Waals surface area (Å²) in [5.41, 5.74) is 1.09. The number of hydrogen-bond donors (Lipinski definition) is 1. The molecule has 2 rings (SSSR count). The molecule has 1 aromatic carbocycles. The molecule has 2 unspecified atom stereocenters. The van der Waals surface area contributed by atoms with Crippen molar-refractivity contribution in [1.82, 2.24) is 5.32 Å². The summed E-state index contributed by atoms with van der Waals surface area (Å²) < 4.78 is 18.6. The zero-order valence-corrected chi connectivity index (χ0v) is 12.8. The van der Waals surface area contributed by atoms with Crippen LogP contribution < -0.4 is 10.1 Å². The van der Waals surface area contributed by atoms with Gasteiger partial charge in [0.2, 0.25) is 0 Å². The van der Waals surface area contributed by atoms with Crippen LogP contribution in [0.1, 0.15) is 32.3 Å². The number of ether oxygens (including phenoxy) is 1. The normalized spacial score (nSPS) is 21.9. The maximum absolute atomic E-state index is 13.7. The predicted molar refractivity (Wildman–Crippen MR) is 80.6 cm³/mol. The second-order valence-electron chi connectivity index (χ2n) is 6.32. The molecule has 1 aromatic rings. The van der Waals surface area contributed by atoms with E-state index >= 15 is 0 Å². The Hall–Kier alpha value is -1.09. The quantitative estimate of drug-likeness (QED) is 0.822. The smallest absolute Gasteiger partial charge is 0.165 e. The third-order valence-electron chi connectivity index (χ3n) is 4.25. The fourth-order valence-corrected chi connectivity index (χ4v) is 2.87. The molecule has 2 nitrogen and oxygen atoms in total. The molecule has 0 radical (unpaired) electrons. The number of nitrogens with one attached hydrogen (secondary N) is 1. The van der Waals surface area contributed by atoms with E-state index in [2.05, 4.69) is 19.2 Å². The molecule has 0 aromatic heterocycles. The van der Waals surface area contributed by atoms with E-state index in [0.717, 1.165) is 31.0 Å². The summed E-state index contributed by atoms with van der Waals surface area (Å²) in [6, 6.07) is 5.34. The maximum atomic E-state index is 13.7. The topological polar surface area (TPSA) is 21.3 Å². The van der Waals surface area contributed by atoms with Gasteiger partial charge >= 0.3 is 0 Å². The molecule has 2 atom stereocenters. The van der Waals surface area contributed by atoms with Crippen molar-refractivity contribution in [3.8, 4) is 5.75 Å². The first-order valence-electron chi connectivity index (χ1n) is 7.63. The molecule has 0 bridgehead atoms. The fourth-order valence-electron chi connectivity index (χ4n) is 2.87. The highest BCUT2D eigenvalue weighted by atomic mass is 19.1. The molecule has 3 heteroatoms. The number of halogens is 1. The van der Waals surface area contributed by atoms with Gasteiger partial charge in [-0.3, -0.25) is 0 Å². The van der Waals surface area contributed by atoms with Crippen LogP contribution in [0.3, 0.4) is 0 Å². The van der Waals surface area contributed by atoms with Gasteiger partial charge in [0, 0.05) is 0 Å². The second kappa shape index (κ2) is 7.07. The third kappa shape index (κ3) is 3.95. The van der Waals surface area contributed by atoms with Crippen molar-refractivity contribution < 1.29 is 9.13 Å². The van der Waals surface area contributed by atoms with E-state index in [9.17, 15) is 4.39 Å². The molecule has 0 aliphatic heterocycles. The van der Waals surface area contributed by atoms with Crippen molar-refractivity contribution in [1.29, 1.82) is 0 Å². The van der Waals surface area contributed by atoms with Gasteiger partial charge in [-0.2, -0.15) is 0 Å². The Kier molecular flexibility index (Phi) is 5.41. The first-order chi connectivity index (χ1) is 9.60. The van der Waals surface area contributed by atoms with Crippen molar-refractivity contribution >= 4 is 0 Å². The number of hydrogen-bond acceptors (Lipinski definition) is 2. The van der Waals surface area contributed by atoms with Crippen LogP contribution in [0.25, 0.3) is 0 Å². The number of benzene rings is 1. The summed E-state index contributed by atoms with van der Waals surface area (Å²) in [4.78, 5) is 0. The molecule has 0 spiro atoms. The molecule has 1 fully saturated rings. The Morgan fingerprint density at radius 1 is 1.30 bits per heavy atom. The molecule has 1 aliphatic carbocycles. The molecule has 1 saturated carbocycles. The Balaban J connectivity index is 1.82. The van der Waals surface area contributed by atoms with E-state index in [1.165, 1.54) is 20.0 Å². The van der Waals surface area contributed by atoms with E-state index < -0.39 is 0 Å². The average Bonchev–Trinajstić information content (AvgIpc) is 2.39. The Morgan fingerprint density at radius 3 is 2.60 bits per heavy atom. The van der Waals surface area contributed by atoms with Gasteiger partial charge in [-0.25, -0.2) is 4.39 Å². The standard InChI is InChI=1S/C17H26FNO/c1-12(2)10-19-11-15-6-5-14(15)8-13-4-7-17(20-3)16(18)9-13/h4,7,9,12,14-15,19H,5-6,8,10-11H2,1-3H3. The molecule has 1 N–H and O–H groups in total. The maximum Gasteiger partial charge on any atom is 0.165 e. The molecule has 20 heavy (non-hydrogen) atoms. The predicted octanol–water partition coefficient (Wildman–Crippen LogP) is 3.65. The van der Waals surface area contributed by atoms with Crippen molar-refractivity contribution in [2.24, 2.45) is 17.8 Å². The van der Waals surface area contributed by atoms with E-state index in [4.69, 9.17) is 4.74 Å². The van der Waals surface area contributed by atoms with Crippen molar-refractivity contribution in [3.63, 3.8) is 0 Å². The molecule has 112 valence electrons. The van der Waals surface area contributed by atoms with Crippen LogP contribution in [0.4, 0.5) is 4.39 Å². The van der Waals surface area contributed by atoms with Crippen molar-refractivity contribution in [2.45, 2.75) is 33.1 Å². The van der Waals surface area contributed by atoms with Crippen LogP contribution >= 0.6 is 0 Å². The van der Waals surface area contributed by atoms with Gasteiger partial charge in [-0.05, 0) is 67.8 Å². The second-order valence-corrected chi connectivity index (χ2v) is 6.32. The lowest BCUT2D eigenvalue weighted by atomic mass is 9.70. The fraction of sp³-hybridized carbons (Fsp3) is 0.647. The van der Waals surface area contributed by atoms with Gasteiger partial charge in [-0.1, -0.05) is 19.9 Å². The number of methoxy groups -OCH3 is 1. The lowest BCUT2D eigenvalue weighted by molar-refractivity contribution is 0.169.